The predicted molar refractivity (Wildman–Crippen MR) is 76.2 cm³/mol. The number of aromatic nitrogens is 1. The lowest BCUT2D eigenvalue weighted by Crippen LogP contribution is -2.28. The smallest absolute Gasteiger partial charge is 0.0941 e. The Kier molecular flexibility index (Phi) is 4.37. The molecule has 0 saturated carbocycles. The molecular formula is C13H17ClN2S. The van der Waals surface area contributed by atoms with Crippen molar-refractivity contribution in [3.63, 3.8) is 0 Å². The molecule has 0 atom stereocenters. The first-order valence-electron chi connectivity index (χ1n) is 5.97. The number of para-hydroxylation sites is 1. The molecule has 92 valence electrons. The van der Waals surface area contributed by atoms with Crippen LogP contribution in [0.25, 0.3) is 10.2 Å². The van der Waals surface area contributed by atoms with E-state index in [0.29, 0.717) is 0 Å². The third-order valence-electron chi connectivity index (χ3n) is 3.26. The molecule has 1 aliphatic heterocycles. The molecule has 17 heavy (non-hydrogen) atoms. The minimum absolute atomic E-state index is 0. The van der Waals surface area contributed by atoms with E-state index in [1.807, 2.05) is 11.3 Å². The van der Waals surface area contributed by atoms with E-state index in [9.17, 15) is 0 Å². The summed E-state index contributed by atoms with van der Waals surface area (Å²) in [7, 11) is 0. The van der Waals surface area contributed by atoms with E-state index in [1.54, 1.807) is 0 Å². The summed E-state index contributed by atoms with van der Waals surface area (Å²) in [5.41, 5.74) is 1.16. The lowest BCUT2D eigenvalue weighted by molar-refractivity contribution is 0.372. The minimum Gasteiger partial charge on any atom is -0.317 e. The summed E-state index contributed by atoms with van der Waals surface area (Å²) in [5, 5.41) is 4.72. The molecule has 1 fully saturated rings. The van der Waals surface area contributed by atoms with Gasteiger partial charge in [-0.25, -0.2) is 4.98 Å². The first-order chi connectivity index (χ1) is 7.92. The van der Waals surface area contributed by atoms with Crippen LogP contribution >= 0.6 is 23.7 Å². The summed E-state index contributed by atoms with van der Waals surface area (Å²) >= 11 is 1.86. The third-order valence-corrected chi connectivity index (χ3v) is 4.32. The van der Waals surface area contributed by atoms with Gasteiger partial charge in [0.05, 0.1) is 15.2 Å². The monoisotopic (exact) mass is 268 g/mol. The second-order valence-electron chi connectivity index (χ2n) is 4.47. The van der Waals surface area contributed by atoms with Gasteiger partial charge in [-0.1, -0.05) is 12.1 Å². The largest absolute Gasteiger partial charge is 0.317 e. The Balaban J connectivity index is 0.00000108. The normalized spacial score (nSPS) is 16.9. The Morgan fingerprint density at radius 2 is 2.00 bits per heavy atom. The second-order valence-corrected chi connectivity index (χ2v) is 5.59. The zero-order valence-electron chi connectivity index (χ0n) is 9.69. The molecule has 0 amide bonds. The number of halogens is 1. The van der Waals surface area contributed by atoms with Gasteiger partial charge in [0.1, 0.15) is 0 Å². The van der Waals surface area contributed by atoms with Gasteiger partial charge in [-0.15, -0.1) is 23.7 Å². The fourth-order valence-electron chi connectivity index (χ4n) is 2.34. The van der Waals surface area contributed by atoms with Crippen molar-refractivity contribution in [2.45, 2.75) is 19.3 Å². The lowest BCUT2D eigenvalue weighted by atomic mass is 9.95. The number of benzene rings is 1. The maximum atomic E-state index is 4.70. The van der Waals surface area contributed by atoms with Crippen molar-refractivity contribution in [2.24, 2.45) is 5.92 Å². The number of fused-ring (bicyclic) bond motifs is 1. The van der Waals surface area contributed by atoms with Crippen LogP contribution in [0.2, 0.25) is 0 Å². The average molecular weight is 269 g/mol. The quantitative estimate of drug-likeness (QED) is 0.904. The van der Waals surface area contributed by atoms with E-state index in [2.05, 4.69) is 29.6 Å². The lowest BCUT2D eigenvalue weighted by Gasteiger charge is -2.21. The maximum Gasteiger partial charge on any atom is 0.0941 e. The third kappa shape index (κ3) is 2.97. The number of nitrogens with one attached hydrogen (secondary N) is 1. The molecule has 0 spiro atoms. The molecule has 2 nitrogen and oxygen atoms in total. The number of rotatable bonds is 2. The molecule has 0 aliphatic carbocycles. The molecule has 0 unspecified atom stereocenters. The molecule has 2 aromatic rings. The second kappa shape index (κ2) is 5.80. The standard InChI is InChI=1S/C13H16N2S.ClH/c1-2-4-12-11(3-1)15-13(16-12)9-10-5-7-14-8-6-10;/h1-4,10,14H,5-9H2;1H. The molecule has 2 heterocycles. The number of thiazole rings is 1. The van der Waals surface area contributed by atoms with Crippen molar-refractivity contribution in [1.29, 1.82) is 0 Å². The molecule has 3 rings (SSSR count). The van der Waals surface area contributed by atoms with Crippen LogP contribution in [-0.2, 0) is 6.42 Å². The van der Waals surface area contributed by atoms with Gasteiger partial charge in [-0.3, -0.25) is 0 Å². The van der Waals surface area contributed by atoms with Gasteiger partial charge >= 0.3 is 0 Å². The summed E-state index contributed by atoms with van der Waals surface area (Å²) in [5.74, 6) is 0.835. The van der Waals surface area contributed by atoms with Gasteiger partial charge in [-0.2, -0.15) is 0 Å². The van der Waals surface area contributed by atoms with E-state index in [4.69, 9.17) is 4.98 Å². The van der Waals surface area contributed by atoms with Crippen LogP contribution in [0.1, 0.15) is 17.8 Å². The van der Waals surface area contributed by atoms with Crippen LogP contribution in [0, 0.1) is 5.92 Å². The maximum absolute atomic E-state index is 4.70. The molecule has 0 bridgehead atoms. The van der Waals surface area contributed by atoms with E-state index in [1.165, 1.54) is 42.1 Å². The predicted octanol–water partition coefficient (Wildman–Crippen LogP) is 3.26. The van der Waals surface area contributed by atoms with Gasteiger partial charge in [0.2, 0.25) is 0 Å². The fourth-order valence-corrected chi connectivity index (χ4v) is 3.42. The van der Waals surface area contributed by atoms with E-state index < -0.39 is 0 Å². The SMILES string of the molecule is Cl.c1ccc2sc(CC3CCNCC3)nc2c1. The van der Waals surface area contributed by atoms with Gasteiger partial charge in [-0.05, 0) is 44.0 Å². The van der Waals surface area contributed by atoms with Crippen molar-refractivity contribution in [3.05, 3.63) is 29.3 Å². The van der Waals surface area contributed by atoms with Crippen molar-refractivity contribution in [3.8, 4) is 0 Å². The Morgan fingerprint density at radius 1 is 1.24 bits per heavy atom. The Morgan fingerprint density at radius 3 is 2.76 bits per heavy atom. The van der Waals surface area contributed by atoms with Crippen LogP contribution in [-0.4, -0.2) is 18.1 Å². The molecule has 1 aromatic heterocycles. The molecule has 0 radical (unpaired) electrons. The summed E-state index contributed by atoms with van der Waals surface area (Å²) < 4.78 is 1.33. The molecule has 4 heteroatoms. The Bertz CT molecular complexity index is 444. The van der Waals surface area contributed by atoms with Crippen molar-refractivity contribution < 1.29 is 0 Å². The fraction of sp³-hybridized carbons (Fsp3) is 0.462. The zero-order valence-corrected chi connectivity index (χ0v) is 11.3. The van der Waals surface area contributed by atoms with Gasteiger partial charge in [0, 0.05) is 6.42 Å². The first-order valence-corrected chi connectivity index (χ1v) is 6.78. The van der Waals surface area contributed by atoms with Crippen LogP contribution < -0.4 is 5.32 Å². The first kappa shape index (κ1) is 12.8. The number of piperidine rings is 1. The Hall–Kier alpha value is -0.640. The van der Waals surface area contributed by atoms with Gasteiger partial charge in [0.25, 0.3) is 0 Å². The molecule has 1 aromatic carbocycles. The van der Waals surface area contributed by atoms with Crippen LogP contribution in [0.3, 0.4) is 0 Å². The highest BCUT2D eigenvalue weighted by Crippen LogP contribution is 2.25. The number of nitrogens with zero attached hydrogens (tertiary/aromatic N) is 1. The molecule has 1 aliphatic rings. The number of hydrogen-bond donors (Lipinski definition) is 1. The highest BCUT2D eigenvalue weighted by atomic mass is 35.5. The van der Waals surface area contributed by atoms with Crippen LogP contribution in [0.5, 0.6) is 0 Å². The van der Waals surface area contributed by atoms with Gasteiger partial charge in [0.15, 0.2) is 0 Å². The Labute approximate surface area is 112 Å². The van der Waals surface area contributed by atoms with Gasteiger partial charge < -0.3 is 5.32 Å². The highest BCUT2D eigenvalue weighted by Gasteiger charge is 2.15. The topological polar surface area (TPSA) is 24.9 Å². The van der Waals surface area contributed by atoms with E-state index >= 15 is 0 Å². The minimum atomic E-state index is 0. The molecule has 1 N–H and O–H groups in total. The summed E-state index contributed by atoms with van der Waals surface area (Å²) in [4.78, 5) is 4.70. The summed E-state index contributed by atoms with van der Waals surface area (Å²) in [6, 6.07) is 8.43. The summed E-state index contributed by atoms with van der Waals surface area (Å²) in [6.45, 7) is 2.35. The van der Waals surface area contributed by atoms with Crippen molar-refractivity contribution in [1.82, 2.24) is 10.3 Å². The average Bonchev–Trinajstić information content (AvgIpc) is 2.72. The van der Waals surface area contributed by atoms with Crippen LogP contribution in [0.15, 0.2) is 24.3 Å². The number of hydrogen-bond acceptors (Lipinski definition) is 3. The summed E-state index contributed by atoms with van der Waals surface area (Å²) in [6.07, 6.45) is 3.77. The zero-order chi connectivity index (χ0) is 10.8. The van der Waals surface area contributed by atoms with E-state index in [-0.39, 0.29) is 12.4 Å². The molecular weight excluding hydrogens is 252 g/mol. The van der Waals surface area contributed by atoms with E-state index in [0.717, 1.165) is 11.4 Å². The highest BCUT2D eigenvalue weighted by molar-refractivity contribution is 7.18. The van der Waals surface area contributed by atoms with Crippen molar-refractivity contribution >= 4 is 34.0 Å². The molecule has 1 saturated heterocycles. The van der Waals surface area contributed by atoms with Crippen LogP contribution in [0.4, 0.5) is 0 Å². The van der Waals surface area contributed by atoms with Crippen molar-refractivity contribution in [2.75, 3.05) is 13.1 Å².